The quantitative estimate of drug-likeness (QED) is 0.781. The van der Waals surface area contributed by atoms with E-state index in [0.717, 1.165) is 18.7 Å². The van der Waals surface area contributed by atoms with Crippen molar-refractivity contribution < 1.29 is 5.11 Å². The van der Waals surface area contributed by atoms with Crippen LogP contribution in [0.25, 0.3) is 0 Å². The summed E-state index contributed by atoms with van der Waals surface area (Å²) in [7, 11) is 0. The average molecular weight is 217 g/mol. The SMILES string of the molecule is Oc1cccc2c1N(C1CCCC1)CCC2. The summed E-state index contributed by atoms with van der Waals surface area (Å²) in [6.07, 6.45) is 7.65. The Bertz CT molecular complexity index is 382. The summed E-state index contributed by atoms with van der Waals surface area (Å²) in [4.78, 5) is 2.46. The van der Waals surface area contributed by atoms with Gasteiger partial charge in [0.05, 0.1) is 5.69 Å². The summed E-state index contributed by atoms with van der Waals surface area (Å²) in [5.74, 6) is 0.476. The second-order valence-electron chi connectivity index (χ2n) is 5.02. The van der Waals surface area contributed by atoms with E-state index in [0.29, 0.717) is 11.8 Å². The number of hydrogen-bond donors (Lipinski definition) is 1. The lowest BCUT2D eigenvalue weighted by molar-refractivity contribution is 0.463. The molecule has 3 rings (SSSR count). The summed E-state index contributed by atoms with van der Waals surface area (Å²) in [5, 5.41) is 10.0. The lowest BCUT2D eigenvalue weighted by atomic mass is 9.99. The van der Waals surface area contributed by atoms with Gasteiger partial charge in [0.2, 0.25) is 0 Å². The van der Waals surface area contributed by atoms with Gasteiger partial charge in [-0.05, 0) is 37.3 Å². The van der Waals surface area contributed by atoms with E-state index in [4.69, 9.17) is 0 Å². The van der Waals surface area contributed by atoms with Crippen molar-refractivity contribution in [2.45, 2.75) is 44.6 Å². The van der Waals surface area contributed by atoms with E-state index >= 15 is 0 Å². The van der Waals surface area contributed by atoms with E-state index < -0.39 is 0 Å². The van der Waals surface area contributed by atoms with Gasteiger partial charge in [0, 0.05) is 12.6 Å². The highest BCUT2D eigenvalue weighted by atomic mass is 16.3. The molecular weight excluding hydrogens is 198 g/mol. The number of rotatable bonds is 1. The smallest absolute Gasteiger partial charge is 0.139 e. The summed E-state index contributed by atoms with van der Waals surface area (Å²) in [5.41, 5.74) is 2.46. The van der Waals surface area contributed by atoms with Crippen LogP contribution in [0, 0.1) is 0 Å². The third-order valence-corrected chi connectivity index (χ3v) is 4.00. The number of para-hydroxylation sites is 1. The number of anilines is 1. The van der Waals surface area contributed by atoms with Gasteiger partial charge in [-0.25, -0.2) is 0 Å². The molecule has 0 saturated heterocycles. The van der Waals surface area contributed by atoms with Crippen LogP contribution in [-0.4, -0.2) is 17.7 Å². The van der Waals surface area contributed by atoms with Crippen molar-refractivity contribution in [3.05, 3.63) is 23.8 Å². The highest BCUT2D eigenvalue weighted by Gasteiger charge is 2.28. The summed E-state index contributed by atoms with van der Waals surface area (Å²) >= 11 is 0. The molecule has 1 saturated carbocycles. The van der Waals surface area contributed by atoms with Gasteiger partial charge < -0.3 is 10.0 Å². The standard InChI is InChI=1S/C14H19NO/c16-13-9-3-5-11-6-4-10-15(14(11)13)12-7-1-2-8-12/h3,5,9,12,16H,1-2,4,6-8,10H2. The third-order valence-electron chi connectivity index (χ3n) is 4.00. The van der Waals surface area contributed by atoms with E-state index in [2.05, 4.69) is 11.0 Å². The van der Waals surface area contributed by atoms with Crippen LogP contribution in [-0.2, 0) is 6.42 Å². The molecule has 86 valence electrons. The molecule has 0 bridgehead atoms. The topological polar surface area (TPSA) is 23.5 Å². The predicted molar refractivity (Wildman–Crippen MR) is 66.0 cm³/mol. The molecule has 1 aromatic rings. The van der Waals surface area contributed by atoms with Gasteiger partial charge in [0.25, 0.3) is 0 Å². The van der Waals surface area contributed by atoms with Gasteiger partial charge >= 0.3 is 0 Å². The van der Waals surface area contributed by atoms with E-state index in [-0.39, 0.29) is 0 Å². The van der Waals surface area contributed by atoms with Crippen molar-refractivity contribution in [2.24, 2.45) is 0 Å². The molecule has 0 spiro atoms. The van der Waals surface area contributed by atoms with Gasteiger partial charge in [-0.2, -0.15) is 0 Å². The summed E-state index contributed by atoms with van der Waals surface area (Å²) in [6, 6.07) is 6.63. The van der Waals surface area contributed by atoms with E-state index in [9.17, 15) is 5.11 Å². The number of hydrogen-bond acceptors (Lipinski definition) is 2. The number of nitrogens with zero attached hydrogens (tertiary/aromatic N) is 1. The minimum absolute atomic E-state index is 0.476. The molecule has 2 aliphatic rings. The minimum Gasteiger partial charge on any atom is -0.506 e. The molecule has 0 atom stereocenters. The molecule has 16 heavy (non-hydrogen) atoms. The maximum atomic E-state index is 10.0. The summed E-state index contributed by atoms with van der Waals surface area (Å²) in [6.45, 7) is 1.12. The number of benzene rings is 1. The predicted octanol–water partition coefficient (Wildman–Crippen LogP) is 3.09. The van der Waals surface area contributed by atoms with E-state index in [1.54, 1.807) is 0 Å². The van der Waals surface area contributed by atoms with Crippen LogP contribution in [0.2, 0.25) is 0 Å². The number of aromatic hydroxyl groups is 1. The zero-order valence-corrected chi connectivity index (χ0v) is 9.65. The number of fused-ring (bicyclic) bond motifs is 1. The third kappa shape index (κ3) is 1.57. The first-order chi connectivity index (χ1) is 7.86. The van der Waals surface area contributed by atoms with Crippen LogP contribution in [0.1, 0.15) is 37.7 Å². The van der Waals surface area contributed by atoms with Crippen molar-refractivity contribution in [3.8, 4) is 5.75 Å². The van der Waals surface area contributed by atoms with Gasteiger partial charge in [-0.1, -0.05) is 25.0 Å². The molecule has 1 N–H and O–H groups in total. The zero-order valence-electron chi connectivity index (χ0n) is 9.65. The molecule has 0 unspecified atom stereocenters. The molecule has 0 radical (unpaired) electrons. The molecule has 1 aliphatic carbocycles. The van der Waals surface area contributed by atoms with Crippen LogP contribution >= 0.6 is 0 Å². The average Bonchev–Trinajstić information content (AvgIpc) is 2.82. The Hall–Kier alpha value is -1.18. The van der Waals surface area contributed by atoms with E-state index in [1.807, 2.05) is 12.1 Å². The first-order valence-corrected chi connectivity index (χ1v) is 6.44. The fraction of sp³-hybridized carbons (Fsp3) is 0.571. The van der Waals surface area contributed by atoms with Crippen LogP contribution < -0.4 is 4.90 Å². The minimum atomic E-state index is 0.476. The van der Waals surface area contributed by atoms with Crippen LogP contribution in [0.3, 0.4) is 0 Å². The Balaban J connectivity index is 1.98. The Labute approximate surface area is 96.9 Å². The zero-order chi connectivity index (χ0) is 11.0. The number of phenols is 1. The molecular formula is C14H19NO. The number of phenolic OH excluding ortho intramolecular Hbond substituents is 1. The van der Waals surface area contributed by atoms with Gasteiger partial charge in [0.15, 0.2) is 0 Å². The second-order valence-corrected chi connectivity index (χ2v) is 5.02. The maximum Gasteiger partial charge on any atom is 0.139 e. The largest absolute Gasteiger partial charge is 0.506 e. The molecule has 2 heteroatoms. The molecule has 1 fully saturated rings. The molecule has 1 aromatic carbocycles. The summed E-state index contributed by atoms with van der Waals surface area (Å²) < 4.78 is 0. The highest BCUT2D eigenvalue weighted by molar-refractivity contribution is 5.65. The Morgan fingerprint density at radius 2 is 1.94 bits per heavy atom. The van der Waals surface area contributed by atoms with Crippen LogP contribution in [0.4, 0.5) is 5.69 Å². The number of aryl methyl sites for hydroxylation is 1. The lowest BCUT2D eigenvalue weighted by Crippen LogP contribution is -2.37. The molecule has 0 amide bonds. The van der Waals surface area contributed by atoms with Crippen molar-refractivity contribution >= 4 is 5.69 Å². The monoisotopic (exact) mass is 217 g/mol. The normalized spacial score (nSPS) is 21.1. The molecule has 2 nitrogen and oxygen atoms in total. The first-order valence-electron chi connectivity index (χ1n) is 6.44. The fourth-order valence-electron chi connectivity index (χ4n) is 3.24. The first kappa shape index (κ1) is 10.0. The lowest BCUT2D eigenvalue weighted by Gasteiger charge is -2.36. The fourth-order valence-corrected chi connectivity index (χ4v) is 3.24. The van der Waals surface area contributed by atoms with Gasteiger partial charge in [-0.15, -0.1) is 0 Å². The molecule has 1 aliphatic heterocycles. The highest BCUT2D eigenvalue weighted by Crippen LogP contribution is 2.39. The Morgan fingerprint density at radius 1 is 1.12 bits per heavy atom. The van der Waals surface area contributed by atoms with Gasteiger partial charge in [0.1, 0.15) is 5.75 Å². The van der Waals surface area contributed by atoms with Crippen LogP contribution in [0.15, 0.2) is 18.2 Å². The van der Waals surface area contributed by atoms with Crippen molar-refractivity contribution in [1.29, 1.82) is 0 Å². The van der Waals surface area contributed by atoms with Crippen molar-refractivity contribution in [2.75, 3.05) is 11.4 Å². The molecule has 0 aromatic heterocycles. The Kier molecular flexibility index (Phi) is 2.50. The van der Waals surface area contributed by atoms with Crippen molar-refractivity contribution in [3.63, 3.8) is 0 Å². The van der Waals surface area contributed by atoms with Crippen molar-refractivity contribution in [1.82, 2.24) is 0 Å². The van der Waals surface area contributed by atoms with Gasteiger partial charge in [-0.3, -0.25) is 0 Å². The van der Waals surface area contributed by atoms with E-state index in [1.165, 1.54) is 37.7 Å². The maximum absolute atomic E-state index is 10.0. The van der Waals surface area contributed by atoms with Crippen LogP contribution in [0.5, 0.6) is 5.75 Å². The second kappa shape index (κ2) is 4.00. The Morgan fingerprint density at radius 3 is 2.75 bits per heavy atom. The molecule has 1 heterocycles.